The number of nitrogens with zero attached hydrogens (tertiary/aromatic N) is 3. The van der Waals surface area contributed by atoms with Gasteiger partial charge >= 0.3 is 11.7 Å². The lowest BCUT2D eigenvalue weighted by Crippen LogP contribution is -2.35. The lowest BCUT2D eigenvalue weighted by atomic mass is 10.1. The summed E-state index contributed by atoms with van der Waals surface area (Å²) in [6.45, 7) is 1.92. The number of nitrogens with two attached hydrogens (primary N) is 1. The number of benzene rings is 2. The number of likely N-dealkylation sites (tertiary alicyclic amines) is 1. The third kappa shape index (κ3) is 4.13. The predicted octanol–water partition coefficient (Wildman–Crippen LogP) is 2.76. The Kier molecular flexibility index (Phi) is 6.18. The van der Waals surface area contributed by atoms with Gasteiger partial charge in [0.25, 0.3) is 0 Å². The van der Waals surface area contributed by atoms with E-state index in [-0.39, 0.29) is 11.7 Å². The summed E-state index contributed by atoms with van der Waals surface area (Å²) < 4.78 is 8.27. The smallest absolute Gasteiger partial charge is 0.334 e. The highest BCUT2D eigenvalue weighted by Crippen LogP contribution is 2.30. The van der Waals surface area contributed by atoms with E-state index < -0.39 is 12.0 Å². The number of piperidine rings is 1. The molecule has 0 aliphatic carbocycles. The highest BCUT2D eigenvalue weighted by molar-refractivity contribution is 6.35. The molecule has 7 nitrogen and oxygen atoms in total. The number of fused-ring (bicyclic) bond motifs is 1. The number of rotatable bonds is 5. The van der Waals surface area contributed by atoms with E-state index in [0.717, 1.165) is 42.7 Å². The summed E-state index contributed by atoms with van der Waals surface area (Å²) in [6, 6.07) is 12.6. The van der Waals surface area contributed by atoms with Gasteiger partial charge in [-0.1, -0.05) is 29.8 Å². The molecule has 1 fully saturated rings. The van der Waals surface area contributed by atoms with Crippen LogP contribution in [0.25, 0.3) is 16.7 Å². The lowest BCUT2D eigenvalue weighted by Gasteiger charge is -2.29. The molecule has 0 radical (unpaired) electrons. The maximum absolute atomic E-state index is 13.6. The molecule has 1 saturated heterocycles. The van der Waals surface area contributed by atoms with Gasteiger partial charge in [-0.2, -0.15) is 0 Å². The molecule has 3 aromatic rings. The van der Waals surface area contributed by atoms with Crippen molar-refractivity contribution >= 4 is 28.6 Å². The molecule has 164 valence electrons. The van der Waals surface area contributed by atoms with Crippen LogP contribution in [0.1, 0.15) is 24.4 Å². The molecular weight excluding hydrogens is 416 g/mol. The summed E-state index contributed by atoms with van der Waals surface area (Å²) in [4.78, 5) is 27.5. The zero-order valence-electron chi connectivity index (χ0n) is 17.8. The number of carbonyl (C=O) groups is 1. The topological polar surface area (TPSA) is 82.5 Å². The van der Waals surface area contributed by atoms with E-state index in [1.54, 1.807) is 4.57 Å². The molecule has 31 heavy (non-hydrogen) atoms. The predicted molar refractivity (Wildman–Crippen MR) is 122 cm³/mol. The summed E-state index contributed by atoms with van der Waals surface area (Å²) in [5.41, 5.74) is 8.96. The summed E-state index contributed by atoms with van der Waals surface area (Å²) >= 11 is 6.56. The Labute approximate surface area is 186 Å². The molecule has 8 heteroatoms. The third-order valence-corrected chi connectivity index (χ3v) is 6.36. The van der Waals surface area contributed by atoms with Gasteiger partial charge in [-0.05, 0) is 69.2 Å². The summed E-state index contributed by atoms with van der Waals surface area (Å²) in [5, 5.41) is 0.540. The number of hydrogen-bond acceptors (Lipinski definition) is 5. The van der Waals surface area contributed by atoms with Gasteiger partial charge in [-0.25, -0.2) is 4.79 Å². The maximum atomic E-state index is 13.6. The van der Waals surface area contributed by atoms with Crippen molar-refractivity contribution in [1.29, 1.82) is 0 Å². The number of carbonyl (C=O) groups excluding carboxylic acids is 1. The molecule has 0 saturated carbocycles. The van der Waals surface area contributed by atoms with Crippen molar-refractivity contribution in [3.8, 4) is 5.69 Å². The number of halogens is 1. The highest BCUT2D eigenvalue weighted by atomic mass is 35.5. The fourth-order valence-electron chi connectivity index (χ4n) is 4.34. The number of aromatic nitrogens is 2. The van der Waals surface area contributed by atoms with E-state index in [1.807, 2.05) is 47.0 Å². The molecule has 1 aliphatic heterocycles. The first-order valence-electron chi connectivity index (χ1n) is 10.4. The Morgan fingerprint density at radius 1 is 1.19 bits per heavy atom. The van der Waals surface area contributed by atoms with Gasteiger partial charge in [0.15, 0.2) is 0 Å². The van der Waals surface area contributed by atoms with Crippen molar-refractivity contribution in [2.24, 2.45) is 5.73 Å². The number of methoxy groups -OCH3 is 1. The second-order valence-electron chi connectivity index (χ2n) is 8.13. The minimum Gasteiger partial charge on any atom is -0.468 e. The molecule has 1 aromatic heterocycles. The molecule has 2 N–H and O–H groups in total. The van der Waals surface area contributed by atoms with Crippen LogP contribution in [0.15, 0.2) is 47.3 Å². The largest absolute Gasteiger partial charge is 0.468 e. The molecule has 0 spiro atoms. The summed E-state index contributed by atoms with van der Waals surface area (Å²) in [7, 11) is 3.42. The fourth-order valence-corrected chi connectivity index (χ4v) is 4.60. The second kappa shape index (κ2) is 8.86. The van der Waals surface area contributed by atoms with Crippen LogP contribution in [0.2, 0.25) is 5.02 Å². The van der Waals surface area contributed by atoms with Crippen molar-refractivity contribution in [1.82, 2.24) is 14.0 Å². The van der Waals surface area contributed by atoms with Crippen LogP contribution in [0.4, 0.5) is 0 Å². The van der Waals surface area contributed by atoms with E-state index in [9.17, 15) is 9.59 Å². The van der Waals surface area contributed by atoms with Crippen LogP contribution in [0.3, 0.4) is 0 Å². The number of ether oxygens (including phenoxy) is 1. The Bertz CT molecular complexity index is 1140. The van der Waals surface area contributed by atoms with Gasteiger partial charge in [-0.15, -0.1) is 0 Å². The second-order valence-corrected chi connectivity index (χ2v) is 8.54. The van der Waals surface area contributed by atoms with Crippen LogP contribution >= 0.6 is 11.6 Å². The van der Waals surface area contributed by atoms with E-state index in [0.29, 0.717) is 17.0 Å². The van der Waals surface area contributed by atoms with Crippen molar-refractivity contribution in [2.45, 2.75) is 31.3 Å². The van der Waals surface area contributed by atoms with Gasteiger partial charge in [0.1, 0.15) is 6.04 Å². The molecule has 0 amide bonds. The first-order chi connectivity index (χ1) is 14.9. The van der Waals surface area contributed by atoms with Gasteiger partial charge in [-0.3, -0.25) is 13.9 Å². The Balaban J connectivity index is 1.75. The lowest BCUT2D eigenvalue weighted by molar-refractivity contribution is -0.142. The van der Waals surface area contributed by atoms with Crippen molar-refractivity contribution in [2.75, 3.05) is 27.2 Å². The van der Waals surface area contributed by atoms with E-state index in [4.69, 9.17) is 22.1 Å². The van der Waals surface area contributed by atoms with E-state index in [1.165, 1.54) is 7.11 Å². The SMILES string of the molecule is COC(=O)[C@@H](N)Cc1ccc(-n2c(=O)n(C3CCN(C)CC3)c3cccc(Cl)c32)cc1. The molecule has 0 bridgehead atoms. The van der Waals surface area contributed by atoms with Crippen molar-refractivity contribution in [3.05, 3.63) is 63.5 Å². The average Bonchev–Trinajstić information content (AvgIpc) is 3.07. The molecule has 2 aromatic carbocycles. The Hall–Kier alpha value is -2.61. The molecule has 1 aliphatic rings. The summed E-state index contributed by atoms with van der Waals surface area (Å²) in [5.74, 6) is -0.451. The van der Waals surface area contributed by atoms with Crippen LogP contribution in [-0.2, 0) is 16.0 Å². The van der Waals surface area contributed by atoms with Crippen molar-refractivity contribution in [3.63, 3.8) is 0 Å². The Morgan fingerprint density at radius 2 is 1.87 bits per heavy atom. The monoisotopic (exact) mass is 442 g/mol. The quantitative estimate of drug-likeness (QED) is 0.614. The highest BCUT2D eigenvalue weighted by Gasteiger charge is 2.25. The first-order valence-corrected chi connectivity index (χ1v) is 10.8. The minimum atomic E-state index is -0.723. The van der Waals surface area contributed by atoms with Crippen molar-refractivity contribution < 1.29 is 9.53 Å². The van der Waals surface area contributed by atoms with Crippen LogP contribution in [0, 0.1) is 0 Å². The molecule has 1 atom stereocenters. The molecule has 4 rings (SSSR count). The zero-order chi connectivity index (χ0) is 22.1. The van der Waals surface area contributed by atoms with Crippen LogP contribution in [-0.4, -0.2) is 53.3 Å². The zero-order valence-corrected chi connectivity index (χ0v) is 18.5. The summed E-state index contributed by atoms with van der Waals surface area (Å²) in [6.07, 6.45) is 2.21. The Morgan fingerprint density at radius 3 is 2.52 bits per heavy atom. The number of hydrogen-bond donors (Lipinski definition) is 1. The normalized spacial score (nSPS) is 16.5. The van der Waals surface area contributed by atoms with Gasteiger partial charge in [0.05, 0.1) is 28.9 Å². The fraction of sp³-hybridized carbons (Fsp3) is 0.391. The molecule has 0 unspecified atom stereocenters. The van der Waals surface area contributed by atoms with E-state index in [2.05, 4.69) is 11.9 Å². The standard InChI is InChI=1S/C23H27ClN4O3/c1-26-12-10-17(11-13-26)27-20-5-3-4-18(24)21(20)28(23(27)30)16-8-6-15(7-9-16)14-19(25)22(29)31-2/h3-9,17,19H,10-14,25H2,1-2H3/t19-/m0/s1. The van der Waals surface area contributed by atoms with Gasteiger partial charge in [0.2, 0.25) is 0 Å². The number of imidazole rings is 1. The third-order valence-electron chi connectivity index (χ3n) is 6.05. The number of esters is 1. The number of para-hydroxylation sites is 1. The first kappa shape index (κ1) is 21.6. The molecular formula is C23H27ClN4O3. The van der Waals surface area contributed by atoms with E-state index >= 15 is 0 Å². The van der Waals surface area contributed by atoms with Crippen LogP contribution in [0.5, 0.6) is 0 Å². The van der Waals surface area contributed by atoms with Gasteiger partial charge in [0, 0.05) is 6.04 Å². The minimum absolute atomic E-state index is 0.0864. The average molecular weight is 443 g/mol. The maximum Gasteiger partial charge on any atom is 0.334 e. The molecule has 2 heterocycles. The van der Waals surface area contributed by atoms with Crippen LogP contribution < -0.4 is 11.4 Å². The van der Waals surface area contributed by atoms with Gasteiger partial charge < -0.3 is 15.4 Å².